The number of nitrogens with one attached hydrogen (secondary N) is 2. The molecule has 4 aliphatic rings. The summed E-state index contributed by atoms with van der Waals surface area (Å²) >= 11 is 0. The molecule has 3 aliphatic heterocycles. The van der Waals surface area contributed by atoms with Gasteiger partial charge in [0.15, 0.2) is 0 Å². The van der Waals surface area contributed by atoms with E-state index < -0.39 is 28.0 Å². The highest BCUT2D eigenvalue weighted by Gasteiger charge is 2.47. The Morgan fingerprint density at radius 2 is 1.64 bits per heavy atom. The monoisotopic (exact) mass is 636 g/mol. The minimum atomic E-state index is -3.78. The average Bonchev–Trinajstić information content (AvgIpc) is 3.04. The molecule has 2 N–H and O–H groups in total. The lowest BCUT2D eigenvalue weighted by Gasteiger charge is -2.51. The number of sulfonamides is 1. The first kappa shape index (κ1) is 31.5. The Labute approximate surface area is 265 Å². The Hall–Kier alpha value is -3.44. The van der Waals surface area contributed by atoms with Gasteiger partial charge in [-0.1, -0.05) is 30.3 Å². The van der Waals surface area contributed by atoms with Crippen LogP contribution in [0.25, 0.3) is 0 Å². The molecule has 6 rings (SSSR count). The average molecular weight is 637 g/mol. The van der Waals surface area contributed by atoms with E-state index in [0.717, 1.165) is 48.1 Å². The highest BCUT2D eigenvalue weighted by molar-refractivity contribution is 7.89. The molecule has 10 nitrogen and oxygen atoms in total. The molecule has 0 unspecified atom stereocenters. The van der Waals surface area contributed by atoms with E-state index in [1.807, 2.05) is 35.2 Å². The lowest BCUT2D eigenvalue weighted by Crippen LogP contribution is -2.63. The minimum Gasteiger partial charge on any atom is -0.496 e. The maximum absolute atomic E-state index is 14.3. The maximum atomic E-state index is 14.3. The van der Waals surface area contributed by atoms with E-state index in [1.165, 1.54) is 0 Å². The van der Waals surface area contributed by atoms with E-state index >= 15 is 0 Å². The largest absolute Gasteiger partial charge is 0.496 e. The molecule has 3 saturated heterocycles. The number of amides is 3. The smallest absolute Gasteiger partial charge is 0.245 e. The minimum absolute atomic E-state index is 0.0315. The molecule has 1 aliphatic carbocycles. The van der Waals surface area contributed by atoms with Gasteiger partial charge in [0.2, 0.25) is 27.7 Å². The number of fused-ring (bicyclic) bond motifs is 5. The fourth-order valence-corrected chi connectivity index (χ4v) is 9.74. The zero-order valence-electron chi connectivity index (χ0n) is 26.2. The van der Waals surface area contributed by atoms with Crippen molar-refractivity contribution in [2.75, 3.05) is 26.7 Å². The van der Waals surface area contributed by atoms with Gasteiger partial charge < -0.3 is 20.3 Å². The fourth-order valence-electron chi connectivity index (χ4n) is 7.89. The molecular weight excluding hydrogens is 592 g/mol. The lowest BCUT2D eigenvalue weighted by atomic mass is 9.78. The van der Waals surface area contributed by atoms with Crippen LogP contribution in [0.4, 0.5) is 0 Å². The van der Waals surface area contributed by atoms with Crippen molar-refractivity contribution in [1.29, 1.82) is 0 Å². The molecule has 3 fully saturated rings. The molecular formula is C34H44N4O6S. The van der Waals surface area contributed by atoms with Crippen LogP contribution >= 0.6 is 0 Å². The van der Waals surface area contributed by atoms with Crippen LogP contribution in [0.15, 0.2) is 47.4 Å². The summed E-state index contributed by atoms with van der Waals surface area (Å²) in [5.74, 6) is -0.114. The van der Waals surface area contributed by atoms with Gasteiger partial charge in [0.05, 0.1) is 12.0 Å². The van der Waals surface area contributed by atoms with E-state index in [2.05, 4.69) is 10.6 Å². The first-order valence-corrected chi connectivity index (χ1v) is 17.7. The predicted octanol–water partition coefficient (Wildman–Crippen LogP) is 2.83. The fraction of sp³-hybridized carbons (Fsp3) is 0.559. The van der Waals surface area contributed by atoms with Crippen LogP contribution in [-0.4, -0.2) is 80.2 Å². The van der Waals surface area contributed by atoms with Crippen molar-refractivity contribution in [2.45, 2.75) is 87.7 Å². The summed E-state index contributed by atoms with van der Waals surface area (Å²) in [6.07, 6.45) is 5.98. The highest BCUT2D eigenvalue weighted by atomic mass is 32.2. The standard InChI is InChI=1S/C34H44N4O6S/c1-22-33(40)36-28(18-23-9-4-3-5-10-23)34(41)38-20-24-17-25(29(38)13-8-14-32(39)35-22)21-37(19-24)45(42,43)31-16-15-30(44-2)26-11-6-7-12-27(26)31/h3-5,9-10,15-16,22,24-25,28-29H,6-8,11-14,17-21H2,1-2H3,(H,35,39)(H,36,40)/t22-,24+,25-,28+,29+/m1/s1. The number of benzene rings is 2. The number of nitrogens with zero attached hydrogens (tertiary/aromatic N) is 2. The third-order valence-corrected chi connectivity index (χ3v) is 12.0. The molecule has 2 aromatic rings. The third-order valence-electron chi connectivity index (χ3n) is 10.1. The van der Waals surface area contributed by atoms with Gasteiger partial charge in [-0.2, -0.15) is 4.31 Å². The Balaban J connectivity index is 1.30. The van der Waals surface area contributed by atoms with E-state index in [-0.39, 0.29) is 36.1 Å². The van der Waals surface area contributed by atoms with E-state index in [4.69, 9.17) is 4.74 Å². The molecule has 2 bridgehead atoms. The summed E-state index contributed by atoms with van der Waals surface area (Å²) in [7, 11) is -2.16. The molecule has 0 spiro atoms. The highest BCUT2D eigenvalue weighted by Crippen LogP contribution is 2.40. The van der Waals surface area contributed by atoms with Crippen LogP contribution in [0.2, 0.25) is 0 Å². The van der Waals surface area contributed by atoms with Crippen LogP contribution in [0.1, 0.15) is 62.1 Å². The molecule has 3 heterocycles. The molecule has 242 valence electrons. The number of rotatable bonds is 5. The van der Waals surface area contributed by atoms with Crippen molar-refractivity contribution in [3.05, 3.63) is 59.2 Å². The topological polar surface area (TPSA) is 125 Å². The molecule has 0 saturated carbocycles. The Bertz CT molecular complexity index is 1550. The van der Waals surface area contributed by atoms with Gasteiger partial charge >= 0.3 is 0 Å². The zero-order valence-corrected chi connectivity index (χ0v) is 27.0. The van der Waals surface area contributed by atoms with Crippen LogP contribution in [0.3, 0.4) is 0 Å². The number of carbonyl (C=O) groups excluding carboxylic acids is 3. The molecule has 11 heteroatoms. The van der Waals surface area contributed by atoms with Gasteiger partial charge in [-0.3, -0.25) is 14.4 Å². The Morgan fingerprint density at radius 1 is 0.889 bits per heavy atom. The summed E-state index contributed by atoms with van der Waals surface area (Å²) in [6, 6.07) is 11.3. The quantitative estimate of drug-likeness (QED) is 0.520. The number of carbonyl (C=O) groups is 3. The normalized spacial score (nSPS) is 28.1. The predicted molar refractivity (Wildman–Crippen MR) is 169 cm³/mol. The second kappa shape index (κ2) is 13.1. The van der Waals surface area contributed by atoms with E-state index in [1.54, 1.807) is 30.5 Å². The second-order valence-corrected chi connectivity index (χ2v) is 15.0. The summed E-state index contributed by atoms with van der Waals surface area (Å²) in [6.45, 7) is 2.69. The van der Waals surface area contributed by atoms with E-state index in [9.17, 15) is 22.8 Å². The lowest BCUT2D eigenvalue weighted by molar-refractivity contribution is -0.145. The second-order valence-electron chi connectivity index (χ2n) is 13.1. The van der Waals surface area contributed by atoms with Gasteiger partial charge in [0.25, 0.3) is 0 Å². The van der Waals surface area contributed by atoms with Crippen molar-refractivity contribution < 1.29 is 27.5 Å². The van der Waals surface area contributed by atoms with Crippen molar-refractivity contribution in [3.8, 4) is 5.75 Å². The van der Waals surface area contributed by atoms with Gasteiger partial charge in [0.1, 0.15) is 17.8 Å². The van der Waals surface area contributed by atoms with E-state index in [0.29, 0.717) is 50.2 Å². The van der Waals surface area contributed by atoms with Gasteiger partial charge in [-0.25, -0.2) is 8.42 Å². The SMILES string of the molecule is COc1ccc(S(=O)(=O)N2C[C@@H]3C[C@H](C2)[C@@H]2CCCC(=O)N[C@H](C)C(=O)N[C@@H](Cc4ccccc4)C(=O)N2C3)c2c1CCCC2. The third kappa shape index (κ3) is 6.47. The number of piperidine rings is 2. The summed E-state index contributed by atoms with van der Waals surface area (Å²) < 4.78 is 35.8. The number of hydrogen-bond acceptors (Lipinski definition) is 6. The first-order chi connectivity index (χ1) is 21.7. The van der Waals surface area contributed by atoms with Crippen molar-refractivity contribution in [2.24, 2.45) is 11.8 Å². The van der Waals surface area contributed by atoms with Crippen LogP contribution < -0.4 is 15.4 Å². The van der Waals surface area contributed by atoms with Crippen LogP contribution in [-0.2, 0) is 43.7 Å². The molecule has 2 aromatic carbocycles. The summed E-state index contributed by atoms with van der Waals surface area (Å²) in [5.41, 5.74) is 2.80. The van der Waals surface area contributed by atoms with Gasteiger partial charge in [0, 0.05) is 38.5 Å². The Kier molecular flexibility index (Phi) is 9.19. The number of hydrogen-bond donors (Lipinski definition) is 2. The molecule has 5 atom stereocenters. The van der Waals surface area contributed by atoms with Gasteiger partial charge in [-0.15, -0.1) is 0 Å². The van der Waals surface area contributed by atoms with Crippen molar-refractivity contribution in [1.82, 2.24) is 19.8 Å². The Morgan fingerprint density at radius 3 is 2.40 bits per heavy atom. The summed E-state index contributed by atoms with van der Waals surface area (Å²) in [4.78, 5) is 42.5. The number of methoxy groups -OCH3 is 1. The van der Waals surface area contributed by atoms with Gasteiger partial charge in [-0.05, 0) is 92.5 Å². The molecule has 0 radical (unpaired) electrons. The maximum Gasteiger partial charge on any atom is 0.245 e. The molecule has 3 amide bonds. The van der Waals surface area contributed by atoms with Crippen molar-refractivity contribution in [3.63, 3.8) is 0 Å². The molecule has 45 heavy (non-hydrogen) atoms. The summed E-state index contributed by atoms with van der Waals surface area (Å²) in [5, 5.41) is 5.70. The zero-order chi connectivity index (χ0) is 31.7. The van der Waals surface area contributed by atoms with Crippen molar-refractivity contribution >= 4 is 27.7 Å². The molecule has 0 aromatic heterocycles. The van der Waals surface area contributed by atoms with Crippen LogP contribution in [0.5, 0.6) is 5.75 Å². The number of ether oxygens (including phenoxy) is 1. The van der Waals surface area contributed by atoms with Crippen LogP contribution in [0, 0.1) is 11.8 Å². The first-order valence-electron chi connectivity index (χ1n) is 16.3.